The molecule has 0 aliphatic heterocycles. The first kappa shape index (κ1) is 13.7. The Morgan fingerprint density at radius 2 is 2.24 bits per heavy atom. The summed E-state index contributed by atoms with van der Waals surface area (Å²) in [6.07, 6.45) is 0. The van der Waals surface area contributed by atoms with E-state index < -0.39 is 5.60 Å². The van der Waals surface area contributed by atoms with Crippen LogP contribution in [0.25, 0.3) is 0 Å². The molecule has 0 bridgehead atoms. The zero-order valence-corrected chi connectivity index (χ0v) is 11.3. The van der Waals surface area contributed by atoms with Gasteiger partial charge < -0.3 is 21.1 Å². The van der Waals surface area contributed by atoms with Gasteiger partial charge in [0, 0.05) is 20.6 Å². The molecule has 0 saturated carbocycles. The zero-order chi connectivity index (χ0) is 13.2. The molecular weight excluding hydrogens is 240 g/mol. The third-order valence-corrected chi connectivity index (χ3v) is 3.11. The van der Waals surface area contributed by atoms with Crippen LogP contribution < -0.4 is 11.1 Å². The number of rotatable bonds is 4. The molecule has 1 heterocycles. The molecule has 0 saturated heterocycles. The molecule has 0 aliphatic rings. The number of aromatic nitrogens is 1. The second-order valence-electron chi connectivity index (χ2n) is 4.46. The van der Waals surface area contributed by atoms with Crippen LogP contribution in [0.1, 0.15) is 23.5 Å². The van der Waals surface area contributed by atoms with E-state index in [0.29, 0.717) is 10.0 Å². The number of amides is 1. The predicted octanol–water partition coefficient (Wildman–Crippen LogP) is 0.610. The Morgan fingerprint density at radius 3 is 2.65 bits per heavy atom. The molecule has 7 heteroatoms. The number of anilines is 2. The van der Waals surface area contributed by atoms with Crippen molar-refractivity contribution >= 4 is 28.2 Å². The maximum absolute atomic E-state index is 12.0. The Labute approximate surface area is 104 Å². The fraction of sp³-hybridized carbons (Fsp3) is 0.600. The molecule has 0 radical (unpaired) electrons. The molecule has 0 aromatic carbocycles. The Balaban J connectivity index is 2.85. The first-order valence-electron chi connectivity index (χ1n) is 5.16. The molecule has 0 atom stereocenters. The minimum absolute atomic E-state index is 0.215. The summed E-state index contributed by atoms with van der Waals surface area (Å²) < 4.78 is 0. The zero-order valence-electron chi connectivity index (χ0n) is 10.4. The summed E-state index contributed by atoms with van der Waals surface area (Å²) in [5, 5.41) is 13.1. The van der Waals surface area contributed by atoms with Crippen LogP contribution in [0.15, 0.2) is 0 Å². The van der Waals surface area contributed by atoms with Crippen molar-refractivity contribution in [2.45, 2.75) is 19.4 Å². The van der Waals surface area contributed by atoms with Crippen molar-refractivity contribution in [3.63, 3.8) is 0 Å². The summed E-state index contributed by atoms with van der Waals surface area (Å²) in [7, 11) is 3.34. The van der Waals surface area contributed by atoms with E-state index in [-0.39, 0.29) is 18.3 Å². The van der Waals surface area contributed by atoms with Gasteiger partial charge >= 0.3 is 0 Å². The number of hydrogen-bond acceptors (Lipinski definition) is 6. The third-order valence-electron chi connectivity index (χ3n) is 2.03. The fourth-order valence-electron chi connectivity index (χ4n) is 1.42. The molecule has 1 aromatic rings. The quantitative estimate of drug-likeness (QED) is 0.736. The first-order chi connectivity index (χ1) is 7.74. The Bertz CT molecular complexity index is 411. The van der Waals surface area contributed by atoms with Gasteiger partial charge in [0.05, 0.1) is 5.60 Å². The molecule has 0 spiro atoms. The Hall–Kier alpha value is -1.34. The lowest BCUT2D eigenvalue weighted by Gasteiger charge is -2.25. The number of thiazole rings is 1. The van der Waals surface area contributed by atoms with E-state index in [1.807, 2.05) is 0 Å². The van der Waals surface area contributed by atoms with Gasteiger partial charge in [0.15, 0.2) is 5.13 Å². The van der Waals surface area contributed by atoms with E-state index in [1.165, 1.54) is 16.2 Å². The predicted molar refractivity (Wildman–Crippen MR) is 69.3 cm³/mol. The normalized spacial score (nSPS) is 11.4. The van der Waals surface area contributed by atoms with Gasteiger partial charge in [-0.25, -0.2) is 4.98 Å². The van der Waals surface area contributed by atoms with Gasteiger partial charge in [0.2, 0.25) is 0 Å². The van der Waals surface area contributed by atoms with Crippen molar-refractivity contribution in [3.05, 3.63) is 4.88 Å². The molecule has 6 nitrogen and oxygen atoms in total. The van der Waals surface area contributed by atoms with Gasteiger partial charge in [-0.3, -0.25) is 4.79 Å². The van der Waals surface area contributed by atoms with Gasteiger partial charge in [-0.15, -0.1) is 0 Å². The van der Waals surface area contributed by atoms with Crippen LogP contribution in [0.4, 0.5) is 10.9 Å². The van der Waals surface area contributed by atoms with Crippen molar-refractivity contribution in [1.29, 1.82) is 0 Å². The summed E-state index contributed by atoms with van der Waals surface area (Å²) in [5.41, 5.74) is 4.73. The number of nitrogens with two attached hydrogens (primary N) is 1. The van der Waals surface area contributed by atoms with E-state index in [9.17, 15) is 9.90 Å². The van der Waals surface area contributed by atoms with E-state index in [1.54, 1.807) is 27.9 Å². The average molecular weight is 258 g/mol. The van der Waals surface area contributed by atoms with Gasteiger partial charge in [0.25, 0.3) is 5.91 Å². The average Bonchev–Trinajstić information content (AvgIpc) is 2.56. The van der Waals surface area contributed by atoms with Crippen LogP contribution in [0.2, 0.25) is 0 Å². The number of hydrogen-bond donors (Lipinski definition) is 3. The second kappa shape index (κ2) is 4.89. The second-order valence-corrected chi connectivity index (χ2v) is 5.46. The molecule has 1 aromatic heterocycles. The molecule has 0 fully saturated rings. The van der Waals surface area contributed by atoms with E-state index in [2.05, 4.69) is 10.3 Å². The highest BCUT2D eigenvalue weighted by Crippen LogP contribution is 2.25. The number of aliphatic hydroxyl groups is 1. The molecular formula is C10H18N4O2S. The van der Waals surface area contributed by atoms with E-state index >= 15 is 0 Å². The molecule has 0 aliphatic carbocycles. The maximum Gasteiger partial charge on any atom is 0.267 e. The van der Waals surface area contributed by atoms with Crippen LogP contribution in [-0.4, -0.2) is 47.1 Å². The summed E-state index contributed by atoms with van der Waals surface area (Å²) in [5.74, 6) is -0.0180. The molecule has 96 valence electrons. The number of nitrogens with zero attached hydrogens (tertiary/aromatic N) is 2. The lowest BCUT2D eigenvalue weighted by atomic mass is 10.1. The minimum atomic E-state index is -0.935. The Kier molecular flexibility index (Phi) is 3.94. The third kappa shape index (κ3) is 3.57. The summed E-state index contributed by atoms with van der Waals surface area (Å²) >= 11 is 1.20. The summed E-state index contributed by atoms with van der Waals surface area (Å²) in [6, 6.07) is 0. The smallest absolute Gasteiger partial charge is 0.267 e. The molecule has 17 heavy (non-hydrogen) atoms. The summed E-state index contributed by atoms with van der Waals surface area (Å²) in [6.45, 7) is 3.52. The molecule has 4 N–H and O–H groups in total. The number of nitrogens with one attached hydrogen (secondary N) is 1. The van der Waals surface area contributed by atoms with Crippen molar-refractivity contribution in [1.82, 2.24) is 9.88 Å². The first-order valence-corrected chi connectivity index (χ1v) is 5.98. The number of carbonyl (C=O) groups is 1. The number of carbonyl (C=O) groups excluding carboxylic acids is 1. The largest absolute Gasteiger partial charge is 0.389 e. The SMILES string of the molecule is CNc1nc(N)c(C(=O)N(C)CC(C)(C)O)s1. The number of likely N-dealkylation sites (N-methyl/N-ethyl adjacent to an activating group) is 1. The van der Waals surface area contributed by atoms with Gasteiger partial charge in [0.1, 0.15) is 10.7 Å². The van der Waals surface area contributed by atoms with Crippen LogP contribution in [0, 0.1) is 0 Å². The van der Waals surface area contributed by atoms with Gasteiger partial charge in [-0.2, -0.15) is 0 Å². The van der Waals surface area contributed by atoms with Crippen LogP contribution in [0.3, 0.4) is 0 Å². The van der Waals surface area contributed by atoms with Gasteiger partial charge in [-0.05, 0) is 13.8 Å². The summed E-state index contributed by atoms with van der Waals surface area (Å²) in [4.78, 5) is 17.9. The molecule has 1 amide bonds. The van der Waals surface area contributed by atoms with Crippen molar-refractivity contribution in [3.8, 4) is 0 Å². The minimum Gasteiger partial charge on any atom is -0.389 e. The molecule has 0 unspecified atom stereocenters. The lowest BCUT2D eigenvalue weighted by molar-refractivity contribution is 0.0371. The van der Waals surface area contributed by atoms with Crippen molar-refractivity contribution < 1.29 is 9.90 Å². The van der Waals surface area contributed by atoms with Gasteiger partial charge in [-0.1, -0.05) is 11.3 Å². The van der Waals surface area contributed by atoms with Crippen LogP contribution >= 0.6 is 11.3 Å². The van der Waals surface area contributed by atoms with E-state index in [0.717, 1.165) is 0 Å². The maximum atomic E-state index is 12.0. The topological polar surface area (TPSA) is 91.5 Å². The molecule has 1 rings (SSSR count). The highest BCUT2D eigenvalue weighted by molar-refractivity contribution is 7.18. The van der Waals surface area contributed by atoms with Crippen LogP contribution in [0.5, 0.6) is 0 Å². The highest BCUT2D eigenvalue weighted by Gasteiger charge is 2.24. The van der Waals surface area contributed by atoms with Crippen molar-refractivity contribution in [2.75, 3.05) is 31.7 Å². The van der Waals surface area contributed by atoms with Crippen LogP contribution in [-0.2, 0) is 0 Å². The number of nitrogen functional groups attached to an aromatic ring is 1. The highest BCUT2D eigenvalue weighted by atomic mass is 32.1. The lowest BCUT2D eigenvalue weighted by Crippen LogP contribution is -2.39. The Morgan fingerprint density at radius 1 is 1.65 bits per heavy atom. The standard InChI is InChI=1S/C10H18N4O2S/c1-10(2,16)5-14(4)8(15)6-7(11)13-9(12-3)17-6/h16H,5,11H2,1-4H3,(H,12,13). The monoisotopic (exact) mass is 258 g/mol. The van der Waals surface area contributed by atoms with Crippen molar-refractivity contribution in [2.24, 2.45) is 0 Å². The fourth-order valence-corrected chi connectivity index (χ4v) is 2.25. The van der Waals surface area contributed by atoms with E-state index in [4.69, 9.17) is 5.73 Å².